The Hall–Kier alpha value is -3.43. The predicted molar refractivity (Wildman–Crippen MR) is 93.1 cm³/mol. The average Bonchev–Trinajstić information content (AvgIpc) is 2.68. The number of halogens is 3. The smallest absolute Gasteiger partial charge is 0.433 e. The van der Waals surface area contributed by atoms with Gasteiger partial charge < -0.3 is 4.74 Å². The van der Waals surface area contributed by atoms with Crippen molar-refractivity contribution in [3.05, 3.63) is 74.1 Å². The Kier molecular flexibility index (Phi) is 4.80. The first kappa shape index (κ1) is 19.3. The molecule has 0 fully saturated rings. The molecular weight excluding hydrogens is 379 g/mol. The maximum absolute atomic E-state index is 12.9. The third-order valence-corrected chi connectivity index (χ3v) is 4.19. The second kappa shape index (κ2) is 6.95. The summed E-state index contributed by atoms with van der Waals surface area (Å²) in [6.07, 6.45) is -4.69. The number of hydrogen-bond acceptors (Lipinski definition) is 5. The summed E-state index contributed by atoms with van der Waals surface area (Å²) in [6.45, 7) is -0.121. The largest absolute Gasteiger partial charge is 0.465 e. The number of benzene rings is 1. The molecule has 0 aliphatic rings. The number of carbonyl (C=O) groups excluding carboxylic acids is 1. The van der Waals surface area contributed by atoms with E-state index in [1.807, 2.05) is 0 Å². The molecule has 0 aliphatic heterocycles. The number of ether oxygens (including phenoxy) is 1. The van der Waals surface area contributed by atoms with Crippen molar-refractivity contribution in [2.45, 2.75) is 12.7 Å². The van der Waals surface area contributed by atoms with Crippen molar-refractivity contribution in [2.75, 3.05) is 7.11 Å². The van der Waals surface area contributed by atoms with Gasteiger partial charge in [-0.1, -0.05) is 12.1 Å². The van der Waals surface area contributed by atoms with Gasteiger partial charge in [-0.15, -0.1) is 0 Å². The molecule has 0 bridgehead atoms. The van der Waals surface area contributed by atoms with Gasteiger partial charge in [0.2, 0.25) is 0 Å². The molecule has 28 heavy (non-hydrogen) atoms. The summed E-state index contributed by atoms with van der Waals surface area (Å²) in [4.78, 5) is 40.1. The highest BCUT2D eigenvalue weighted by atomic mass is 19.4. The van der Waals surface area contributed by atoms with E-state index in [1.165, 1.54) is 26.3 Å². The van der Waals surface area contributed by atoms with Crippen molar-refractivity contribution in [2.24, 2.45) is 7.05 Å². The van der Waals surface area contributed by atoms with Gasteiger partial charge in [0.1, 0.15) is 11.3 Å². The van der Waals surface area contributed by atoms with Crippen molar-refractivity contribution in [3.63, 3.8) is 0 Å². The number of alkyl halides is 3. The van der Waals surface area contributed by atoms with E-state index in [2.05, 4.69) is 9.72 Å². The second-order valence-electron chi connectivity index (χ2n) is 5.99. The zero-order valence-electron chi connectivity index (χ0n) is 14.8. The SMILES string of the molecule is COC(=O)c1ccc(Cn2c(=O)c3ccc(C(F)(F)F)nc3n(C)c2=O)cc1. The van der Waals surface area contributed by atoms with Gasteiger partial charge in [-0.2, -0.15) is 13.2 Å². The molecule has 0 aliphatic carbocycles. The minimum atomic E-state index is -4.69. The van der Waals surface area contributed by atoms with E-state index in [0.717, 1.165) is 15.2 Å². The Morgan fingerprint density at radius 1 is 1.11 bits per heavy atom. The molecule has 0 saturated heterocycles. The van der Waals surface area contributed by atoms with Crippen LogP contribution in [0.3, 0.4) is 0 Å². The van der Waals surface area contributed by atoms with Crippen LogP contribution in [0.5, 0.6) is 0 Å². The molecule has 1 aromatic carbocycles. The Bertz CT molecular complexity index is 1180. The van der Waals surface area contributed by atoms with E-state index in [9.17, 15) is 27.6 Å². The fraction of sp³-hybridized carbons (Fsp3) is 0.222. The molecule has 0 radical (unpaired) electrons. The highest BCUT2D eigenvalue weighted by Gasteiger charge is 2.33. The molecule has 0 atom stereocenters. The van der Waals surface area contributed by atoms with Gasteiger partial charge in [-0.25, -0.2) is 14.6 Å². The van der Waals surface area contributed by atoms with Gasteiger partial charge in [-0.05, 0) is 29.8 Å². The Balaban J connectivity index is 2.09. The topological polar surface area (TPSA) is 83.2 Å². The molecule has 3 aromatic rings. The molecule has 10 heteroatoms. The number of pyridine rings is 1. The van der Waals surface area contributed by atoms with Crippen LogP contribution >= 0.6 is 0 Å². The van der Waals surface area contributed by atoms with Crippen LogP contribution in [0.15, 0.2) is 46.0 Å². The maximum Gasteiger partial charge on any atom is 0.433 e. The van der Waals surface area contributed by atoms with Crippen molar-refractivity contribution in [1.82, 2.24) is 14.1 Å². The van der Waals surface area contributed by atoms with Gasteiger partial charge in [0.15, 0.2) is 0 Å². The zero-order chi connectivity index (χ0) is 20.6. The number of aryl methyl sites for hydroxylation is 1. The monoisotopic (exact) mass is 393 g/mol. The Morgan fingerprint density at radius 3 is 2.32 bits per heavy atom. The molecule has 2 heterocycles. The van der Waals surface area contributed by atoms with E-state index >= 15 is 0 Å². The number of nitrogens with zero attached hydrogens (tertiary/aromatic N) is 3. The highest BCUT2D eigenvalue weighted by molar-refractivity contribution is 5.89. The fourth-order valence-electron chi connectivity index (χ4n) is 2.72. The number of methoxy groups -OCH3 is 1. The molecule has 0 N–H and O–H groups in total. The summed E-state index contributed by atoms with van der Waals surface area (Å²) < 4.78 is 45.0. The normalized spacial score (nSPS) is 11.6. The highest BCUT2D eigenvalue weighted by Crippen LogP contribution is 2.28. The van der Waals surface area contributed by atoms with Crippen molar-refractivity contribution < 1.29 is 22.7 Å². The van der Waals surface area contributed by atoms with Crippen LogP contribution in [-0.4, -0.2) is 27.2 Å². The minimum absolute atomic E-state index is 0.110. The Morgan fingerprint density at radius 2 is 1.75 bits per heavy atom. The maximum atomic E-state index is 12.9. The molecule has 0 spiro atoms. The average molecular weight is 393 g/mol. The number of carbonyl (C=O) groups is 1. The summed E-state index contributed by atoms with van der Waals surface area (Å²) in [6, 6.07) is 7.76. The van der Waals surface area contributed by atoms with E-state index in [0.29, 0.717) is 17.2 Å². The quantitative estimate of drug-likeness (QED) is 0.636. The molecule has 146 valence electrons. The van der Waals surface area contributed by atoms with Gasteiger partial charge >= 0.3 is 17.8 Å². The summed E-state index contributed by atoms with van der Waals surface area (Å²) in [5.74, 6) is -0.531. The van der Waals surface area contributed by atoms with Crippen molar-refractivity contribution in [3.8, 4) is 0 Å². The van der Waals surface area contributed by atoms with Crippen LogP contribution in [0.25, 0.3) is 11.0 Å². The lowest BCUT2D eigenvalue weighted by Crippen LogP contribution is -2.39. The van der Waals surface area contributed by atoms with E-state index < -0.39 is 29.1 Å². The van der Waals surface area contributed by atoms with Crippen LogP contribution in [0.4, 0.5) is 13.2 Å². The number of aromatic nitrogens is 3. The molecular formula is C18H14F3N3O4. The summed E-state index contributed by atoms with van der Waals surface area (Å²) >= 11 is 0. The number of fused-ring (bicyclic) bond motifs is 1. The van der Waals surface area contributed by atoms with Crippen molar-refractivity contribution in [1.29, 1.82) is 0 Å². The summed E-state index contributed by atoms with van der Waals surface area (Å²) in [5, 5.41) is -0.110. The lowest BCUT2D eigenvalue weighted by molar-refractivity contribution is -0.141. The molecule has 0 saturated carbocycles. The number of esters is 1. The van der Waals surface area contributed by atoms with Crippen LogP contribution in [-0.2, 0) is 24.5 Å². The Labute approximate surface area is 155 Å². The van der Waals surface area contributed by atoms with Gasteiger partial charge in [0.05, 0.1) is 24.6 Å². The van der Waals surface area contributed by atoms with Gasteiger partial charge in [0, 0.05) is 7.05 Å². The van der Waals surface area contributed by atoms with Crippen LogP contribution < -0.4 is 11.2 Å². The summed E-state index contributed by atoms with van der Waals surface area (Å²) in [5.41, 5.74) is -2.25. The van der Waals surface area contributed by atoms with Crippen molar-refractivity contribution >= 4 is 17.0 Å². The number of rotatable bonds is 3. The molecule has 3 rings (SSSR count). The predicted octanol–water partition coefficient (Wildman–Crippen LogP) is 1.95. The first-order valence-corrected chi connectivity index (χ1v) is 7.98. The molecule has 2 aromatic heterocycles. The van der Waals surface area contributed by atoms with E-state index in [4.69, 9.17) is 0 Å². The minimum Gasteiger partial charge on any atom is -0.465 e. The lowest BCUT2D eigenvalue weighted by Gasteiger charge is -2.12. The first-order valence-electron chi connectivity index (χ1n) is 7.98. The standard InChI is InChI=1S/C18H14F3N3O4/c1-23-14-12(7-8-13(22-14)18(19,20)21)15(25)24(17(23)27)9-10-3-5-11(6-4-10)16(26)28-2/h3-8H,9H2,1-2H3. The first-order chi connectivity index (χ1) is 13.1. The third-order valence-electron chi connectivity index (χ3n) is 4.19. The molecule has 0 amide bonds. The number of hydrogen-bond donors (Lipinski definition) is 0. The van der Waals surface area contributed by atoms with Gasteiger partial charge in [-0.3, -0.25) is 13.9 Å². The van der Waals surface area contributed by atoms with E-state index in [1.54, 1.807) is 12.1 Å². The van der Waals surface area contributed by atoms with Gasteiger partial charge in [0.25, 0.3) is 5.56 Å². The second-order valence-corrected chi connectivity index (χ2v) is 5.99. The summed E-state index contributed by atoms with van der Waals surface area (Å²) in [7, 11) is 2.49. The van der Waals surface area contributed by atoms with Crippen LogP contribution in [0, 0.1) is 0 Å². The zero-order valence-corrected chi connectivity index (χ0v) is 14.8. The van der Waals surface area contributed by atoms with Crippen LogP contribution in [0.1, 0.15) is 21.6 Å². The van der Waals surface area contributed by atoms with E-state index in [-0.39, 0.29) is 17.6 Å². The molecule has 0 unspecified atom stereocenters. The van der Waals surface area contributed by atoms with Crippen LogP contribution in [0.2, 0.25) is 0 Å². The fourth-order valence-corrected chi connectivity index (χ4v) is 2.72. The third kappa shape index (κ3) is 3.40. The lowest BCUT2D eigenvalue weighted by atomic mass is 10.1. The molecule has 7 nitrogen and oxygen atoms in total.